The molecular weight excluding hydrogens is 236 g/mol. The Labute approximate surface area is 111 Å². The summed E-state index contributed by atoms with van der Waals surface area (Å²) in [5.74, 6) is 0. The molecule has 0 aliphatic carbocycles. The van der Waals surface area contributed by atoms with Crippen LogP contribution in [0.3, 0.4) is 0 Å². The summed E-state index contributed by atoms with van der Waals surface area (Å²) in [7, 11) is 0. The summed E-state index contributed by atoms with van der Waals surface area (Å²) in [6.45, 7) is 0.764. The van der Waals surface area contributed by atoms with Crippen LogP contribution in [-0.4, -0.2) is 15.2 Å². The number of benzene rings is 1. The zero-order chi connectivity index (χ0) is 12.9. The van der Waals surface area contributed by atoms with Gasteiger partial charge in [0.15, 0.2) is 0 Å². The van der Waals surface area contributed by atoms with E-state index in [1.165, 1.54) is 0 Å². The van der Waals surface area contributed by atoms with Crippen molar-refractivity contribution >= 4 is 5.69 Å². The molecule has 3 aromatic rings. The molecule has 0 radical (unpaired) electrons. The quantitative estimate of drug-likeness (QED) is 0.748. The molecule has 0 aliphatic heterocycles. The predicted octanol–water partition coefficient (Wildman–Crippen LogP) is 3.08. The first-order valence-corrected chi connectivity index (χ1v) is 6.14. The second-order valence-corrected chi connectivity index (χ2v) is 4.27. The maximum absolute atomic E-state index is 4.10. The Balaban J connectivity index is 1.74. The first kappa shape index (κ1) is 11.5. The van der Waals surface area contributed by atoms with Crippen LogP contribution >= 0.6 is 0 Å². The third kappa shape index (κ3) is 2.80. The van der Waals surface area contributed by atoms with Crippen LogP contribution in [0.1, 0.15) is 5.56 Å². The minimum Gasteiger partial charge on any atom is -0.381 e. The molecule has 0 amide bonds. The number of hydrogen-bond donors (Lipinski definition) is 2. The van der Waals surface area contributed by atoms with E-state index >= 15 is 0 Å². The van der Waals surface area contributed by atoms with E-state index in [0.717, 1.165) is 29.1 Å². The van der Waals surface area contributed by atoms with Crippen molar-refractivity contribution in [1.29, 1.82) is 0 Å². The zero-order valence-corrected chi connectivity index (χ0v) is 10.4. The number of aromatic amines is 1. The fourth-order valence-corrected chi connectivity index (χ4v) is 1.92. The highest BCUT2D eigenvalue weighted by molar-refractivity contribution is 5.64. The molecule has 19 heavy (non-hydrogen) atoms. The SMILES string of the molecule is c1cncc(CNc2cccc(-c3ccn[nH]3)c2)c1. The molecule has 2 aromatic heterocycles. The molecule has 4 nitrogen and oxygen atoms in total. The van der Waals surface area contributed by atoms with E-state index < -0.39 is 0 Å². The summed E-state index contributed by atoms with van der Waals surface area (Å²) in [5.41, 5.74) is 4.38. The van der Waals surface area contributed by atoms with Gasteiger partial charge in [-0.2, -0.15) is 5.10 Å². The highest BCUT2D eigenvalue weighted by atomic mass is 15.1. The Morgan fingerprint density at radius 1 is 1.05 bits per heavy atom. The lowest BCUT2D eigenvalue weighted by molar-refractivity contribution is 1.09. The van der Waals surface area contributed by atoms with E-state index in [1.807, 2.05) is 24.4 Å². The van der Waals surface area contributed by atoms with Crippen LogP contribution in [-0.2, 0) is 6.54 Å². The molecule has 0 fully saturated rings. The number of H-pyrrole nitrogens is 1. The van der Waals surface area contributed by atoms with Crippen molar-refractivity contribution in [2.75, 3.05) is 5.32 Å². The van der Waals surface area contributed by atoms with E-state index in [4.69, 9.17) is 0 Å². The van der Waals surface area contributed by atoms with Crippen LogP contribution in [0.15, 0.2) is 61.1 Å². The molecule has 0 bridgehead atoms. The number of aromatic nitrogens is 3. The second-order valence-electron chi connectivity index (χ2n) is 4.27. The number of anilines is 1. The van der Waals surface area contributed by atoms with Crippen LogP contribution in [0.5, 0.6) is 0 Å². The predicted molar refractivity (Wildman–Crippen MR) is 75.6 cm³/mol. The third-order valence-corrected chi connectivity index (χ3v) is 2.89. The molecule has 0 unspecified atom stereocenters. The van der Waals surface area contributed by atoms with Crippen LogP contribution in [0.4, 0.5) is 5.69 Å². The van der Waals surface area contributed by atoms with E-state index in [1.54, 1.807) is 12.4 Å². The van der Waals surface area contributed by atoms with Crippen molar-refractivity contribution in [2.45, 2.75) is 6.54 Å². The van der Waals surface area contributed by atoms with Gasteiger partial charge in [-0.05, 0) is 29.8 Å². The first-order valence-electron chi connectivity index (χ1n) is 6.14. The van der Waals surface area contributed by atoms with Gasteiger partial charge in [0.1, 0.15) is 0 Å². The van der Waals surface area contributed by atoms with Crippen molar-refractivity contribution in [2.24, 2.45) is 0 Å². The maximum atomic E-state index is 4.10. The van der Waals surface area contributed by atoms with E-state index in [-0.39, 0.29) is 0 Å². The van der Waals surface area contributed by atoms with Crippen LogP contribution < -0.4 is 5.32 Å². The fourth-order valence-electron chi connectivity index (χ4n) is 1.92. The Morgan fingerprint density at radius 3 is 2.84 bits per heavy atom. The molecule has 0 saturated heterocycles. The molecule has 2 N–H and O–H groups in total. The summed E-state index contributed by atoms with van der Waals surface area (Å²) in [6.07, 6.45) is 5.40. The summed E-state index contributed by atoms with van der Waals surface area (Å²) in [5, 5.41) is 10.3. The lowest BCUT2D eigenvalue weighted by Crippen LogP contribution is -1.99. The van der Waals surface area contributed by atoms with E-state index in [9.17, 15) is 0 Å². The monoisotopic (exact) mass is 250 g/mol. The van der Waals surface area contributed by atoms with Crippen molar-refractivity contribution in [3.63, 3.8) is 0 Å². The summed E-state index contributed by atoms with van der Waals surface area (Å²) in [6, 6.07) is 14.2. The number of pyridine rings is 1. The highest BCUT2D eigenvalue weighted by Gasteiger charge is 2.00. The normalized spacial score (nSPS) is 10.3. The topological polar surface area (TPSA) is 53.6 Å². The Morgan fingerprint density at radius 2 is 2.05 bits per heavy atom. The molecule has 4 heteroatoms. The number of nitrogens with one attached hydrogen (secondary N) is 2. The van der Waals surface area contributed by atoms with Gasteiger partial charge in [-0.3, -0.25) is 10.1 Å². The van der Waals surface area contributed by atoms with Gasteiger partial charge in [0.25, 0.3) is 0 Å². The Kier molecular flexibility index (Phi) is 3.23. The molecule has 2 heterocycles. The van der Waals surface area contributed by atoms with Gasteiger partial charge in [0.05, 0.1) is 5.69 Å². The van der Waals surface area contributed by atoms with Crippen molar-refractivity contribution < 1.29 is 0 Å². The van der Waals surface area contributed by atoms with Crippen molar-refractivity contribution in [1.82, 2.24) is 15.2 Å². The third-order valence-electron chi connectivity index (χ3n) is 2.89. The van der Waals surface area contributed by atoms with E-state index in [2.05, 4.69) is 44.8 Å². The summed E-state index contributed by atoms with van der Waals surface area (Å²) < 4.78 is 0. The maximum Gasteiger partial charge on any atom is 0.0650 e. The smallest absolute Gasteiger partial charge is 0.0650 e. The molecule has 0 atom stereocenters. The zero-order valence-electron chi connectivity index (χ0n) is 10.4. The molecule has 0 spiro atoms. The molecule has 0 saturated carbocycles. The Bertz CT molecular complexity index is 632. The molecule has 3 rings (SSSR count). The fraction of sp³-hybridized carbons (Fsp3) is 0.0667. The average molecular weight is 250 g/mol. The van der Waals surface area contributed by atoms with Gasteiger partial charge in [-0.1, -0.05) is 18.2 Å². The van der Waals surface area contributed by atoms with Gasteiger partial charge >= 0.3 is 0 Å². The van der Waals surface area contributed by atoms with Crippen LogP contribution in [0.2, 0.25) is 0 Å². The molecule has 1 aromatic carbocycles. The van der Waals surface area contributed by atoms with Crippen molar-refractivity contribution in [3.05, 3.63) is 66.6 Å². The van der Waals surface area contributed by atoms with Crippen LogP contribution in [0, 0.1) is 0 Å². The number of rotatable bonds is 4. The minimum absolute atomic E-state index is 0.764. The standard InChI is InChI=1S/C15H14N4/c1-4-13(15-6-8-18-19-15)9-14(5-1)17-11-12-3-2-7-16-10-12/h1-10,17H,11H2,(H,18,19). The first-order chi connectivity index (χ1) is 9.42. The molecule has 94 valence electrons. The van der Waals surface area contributed by atoms with Gasteiger partial charge < -0.3 is 5.32 Å². The van der Waals surface area contributed by atoms with E-state index in [0.29, 0.717) is 0 Å². The summed E-state index contributed by atoms with van der Waals surface area (Å²) in [4.78, 5) is 4.10. The molecular formula is C15H14N4. The lowest BCUT2D eigenvalue weighted by Gasteiger charge is -2.07. The largest absolute Gasteiger partial charge is 0.381 e. The van der Waals surface area contributed by atoms with Crippen molar-refractivity contribution in [3.8, 4) is 11.3 Å². The average Bonchev–Trinajstić information content (AvgIpc) is 3.01. The second kappa shape index (κ2) is 5.35. The number of hydrogen-bond acceptors (Lipinski definition) is 3. The van der Waals surface area contributed by atoms with Gasteiger partial charge in [0.2, 0.25) is 0 Å². The Hall–Kier alpha value is -2.62. The molecule has 0 aliphatic rings. The van der Waals surface area contributed by atoms with Gasteiger partial charge in [-0.15, -0.1) is 0 Å². The minimum atomic E-state index is 0.764. The number of nitrogens with zero attached hydrogens (tertiary/aromatic N) is 2. The van der Waals surface area contributed by atoms with Crippen LogP contribution in [0.25, 0.3) is 11.3 Å². The van der Waals surface area contributed by atoms with Gasteiger partial charge in [0, 0.05) is 36.4 Å². The lowest BCUT2D eigenvalue weighted by atomic mass is 10.1. The summed E-state index contributed by atoms with van der Waals surface area (Å²) >= 11 is 0. The van der Waals surface area contributed by atoms with Gasteiger partial charge in [-0.25, -0.2) is 0 Å². The highest BCUT2D eigenvalue weighted by Crippen LogP contribution is 2.20.